The molecular formula is C15H16BrN3O. The number of aryl methyl sites for hydroxylation is 1. The van der Waals surface area contributed by atoms with Crippen molar-refractivity contribution in [1.82, 2.24) is 4.98 Å². The molecule has 2 N–H and O–H groups in total. The molecule has 1 heterocycles. The molecule has 1 amide bonds. The molecule has 1 aromatic carbocycles. The minimum Gasteiger partial charge on any atom is -0.383 e. The number of carbonyl (C=O) groups is 1. The molecule has 1 aromatic heterocycles. The summed E-state index contributed by atoms with van der Waals surface area (Å²) in [5, 5.41) is 6.07. The smallest absolute Gasteiger partial charge is 0.257 e. The second-order valence-electron chi connectivity index (χ2n) is 4.36. The second-order valence-corrected chi connectivity index (χ2v) is 5.28. The van der Waals surface area contributed by atoms with Crippen LogP contribution in [-0.4, -0.2) is 17.4 Å². The van der Waals surface area contributed by atoms with E-state index in [2.05, 4.69) is 31.5 Å². The molecule has 2 aromatic rings. The van der Waals surface area contributed by atoms with Crippen molar-refractivity contribution < 1.29 is 4.79 Å². The van der Waals surface area contributed by atoms with Gasteiger partial charge in [0.25, 0.3) is 5.91 Å². The molecule has 0 radical (unpaired) electrons. The van der Waals surface area contributed by atoms with Gasteiger partial charge in [0.15, 0.2) is 0 Å². The summed E-state index contributed by atoms with van der Waals surface area (Å²) in [6, 6.07) is 7.50. The van der Waals surface area contributed by atoms with E-state index in [0.29, 0.717) is 5.56 Å². The van der Waals surface area contributed by atoms with Gasteiger partial charge in [0.2, 0.25) is 0 Å². The van der Waals surface area contributed by atoms with Crippen LogP contribution in [0.3, 0.4) is 0 Å². The maximum absolute atomic E-state index is 12.4. The van der Waals surface area contributed by atoms with E-state index in [4.69, 9.17) is 0 Å². The van der Waals surface area contributed by atoms with Crippen LogP contribution in [0.25, 0.3) is 0 Å². The monoisotopic (exact) mass is 333 g/mol. The largest absolute Gasteiger partial charge is 0.383 e. The number of nitrogens with one attached hydrogen (secondary N) is 2. The van der Waals surface area contributed by atoms with Gasteiger partial charge in [-0.1, -0.05) is 22.0 Å². The summed E-state index contributed by atoms with van der Waals surface area (Å²) in [4.78, 5) is 16.4. The molecule has 0 unspecified atom stereocenters. The lowest BCUT2D eigenvalue weighted by atomic mass is 10.1. The fraction of sp³-hybridized carbons (Fsp3) is 0.200. The Hall–Kier alpha value is -1.88. The van der Waals surface area contributed by atoms with Crippen LogP contribution < -0.4 is 10.6 Å². The van der Waals surface area contributed by atoms with Gasteiger partial charge in [0, 0.05) is 22.9 Å². The number of nitrogens with zero attached hydrogens (tertiary/aromatic N) is 1. The van der Waals surface area contributed by atoms with Crippen LogP contribution in [-0.2, 0) is 0 Å². The van der Waals surface area contributed by atoms with Crippen molar-refractivity contribution in [3.63, 3.8) is 0 Å². The quantitative estimate of drug-likeness (QED) is 0.893. The lowest BCUT2D eigenvalue weighted by Crippen LogP contribution is -2.15. The Balaban J connectivity index is 2.26. The Bertz CT molecular complexity index is 628. The summed E-state index contributed by atoms with van der Waals surface area (Å²) in [6.07, 6.45) is 3.27. The van der Waals surface area contributed by atoms with Crippen LogP contribution in [0.2, 0.25) is 0 Å². The van der Waals surface area contributed by atoms with E-state index >= 15 is 0 Å². The van der Waals surface area contributed by atoms with Crippen molar-refractivity contribution in [2.24, 2.45) is 0 Å². The average molecular weight is 334 g/mol. The summed E-state index contributed by atoms with van der Waals surface area (Å²) in [5.74, 6) is -0.149. The van der Waals surface area contributed by atoms with E-state index in [1.165, 1.54) is 0 Å². The highest BCUT2D eigenvalue weighted by atomic mass is 79.9. The van der Waals surface area contributed by atoms with Gasteiger partial charge in [-0.25, -0.2) is 0 Å². The maximum atomic E-state index is 12.4. The van der Waals surface area contributed by atoms with E-state index < -0.39 is 0 Å². The Morgan fingerprint density at radius 1 is 1.30 bits per heavy atom. The summed E-state index contributed by atoms with van der Waals surface area (Å²) < 4.78 is 0.931. The predicted molar refractivity (Wildman–Crippen MR) is 85.2 cm³/mol. The third kappa shape index (κ3) is 3.36. The number of pyridine rings is 1. The fourth-order valence-corrected chi connectivity index (χ4v) is 2.20. The van der Waals surface area contributed by atoms with Crippen LogP contribution in [0, 0.1) is 6.92 Å². The zero-order valence-electron chi connectivity index (χ0n) is 11.4. The molecule has 0 saturated heterocycles. The average Bonchev–Trinajstić information content (AvgIpc) is 2.44. The Morgan fingerprint density at radius 3 is 2.85 bits per heavy atom. The lowest BCUT2D eigenvalue weighted by molar-refractivity contribution is 0.102. The van der Waals surface area contributed by atoms with Gasteiger partial charge in [0.1, 0.15) is 0 Å². The molecule has 0 atom stereocenters. The molecule has 4 nitrogen and oxygen atoms in total. The second kappa shape index (κ2) is 6.52. The zero-order chi connectivity index (χ0) is 14.5. The number of hydrogen-bond donors (Lipinski definition) is 2. The first-order valence-corrected chi connectivity index (χ1v) is 7.16. The number of carbonyl (C=O) groups excluding carboxylic acids is 1. The maximum Gasteiger partial charge on any atom is 0.257 e. The molecule has 0 fully saturated rings. The third-order valence-electron chi connectivity index (χ3n) is 2.88. The van der Waals surface area contributed by atoms with Crippen LogP contribution in [0.1, 0.15) is 22.8 Å². The minimum atomic E-state index is -0.149. The molecular weight excluding hydrogens is 318 g/mol. The van der Waals surface area contributed by atoms with Crippen molar-refractivity contribution >= 4 is 33.2 Å². The predicted octanol–water partition coefficient (Wildman–Crippen LogP) is 3.84. The Morgan fingerprint density at radius 2 is 2.10 bits per heavy atom. The van der Waals surface area contributed by atoms with Gasteiger partial charge < -0.3 is 10.6 Å². The first-order chi connectivity index (χ1) is 9.61. The minimum absolute atomic E-state index is 0.149. The zero-order valence-corrected chi connectivity index (χ0v) is 13.0. The van der Waals surface area contributed by atoms with E-state index in [9.17, 15) is 4.79 Å². The highest BCUT2D eigenvalue weighted by Crippen LogP contribution is 2.22. The SMILES string of the molecule is CCNc1cnccc1C(=O)Nc1cc(Br)ccc1C. The van der Waals surface area contributed by atoms with Gasteiger partial charge in [-0.05, 0) is 37.6 Å². The van der Waals surface area contributed by atoms with Gasteiger partial charge in [0.05, 0.1) is 17.4 Å². The van der Waals surface area contributed by atoms with Crippen LogP contribution in [0.4, 0.5) is 11.4 Å². The number of rotatable bonds is 4. The van der Waals surface area contributed by atoms with Gasteiger partial charge in [-0.15, -0.1) is 0 Å². The number of benzene rings is 1. The molecule has 2 rings (SSSR count). The summed E-state index contributed by atoms with van der Waals surface area (Å²) in [6.45, 7) is 4.68. The Labute approximate surface area is 126 Å². The van der Waals surface area contributed by atoms with Crippen LogP contribution in [0.15, 0.2) is 41.1 Å². The number of amides is 1. The molecule has 0 bridgehead atoms. The molecule has 0 aliphatic rings. The van der Waals surface area contributed by atoms with Crippen LogP contribution >= 0.6 is 15.9 Å². The van der Waals surface area contributed by atoms with Crippen molar-refractivity contribution in [3.05, 3.63) is 52.3 Å². The number of anilines is 2. The van der Waals surface area contributed by atoms with Crippen LogP contribution in [0.5, 0.6) is 0 Å². The van der Waals surface area contributed by atoms with Crippen molar-refractivity contribution in [2.75, 3.05) is 17.2 Å². The molecule has 0 spiro atoms. The molecule has 5 heteroatoms. The first-order valence-electron chi connectivity index (χ1n) is 6.37. The highest BCUT2D eigenvalue weighted by Gasteiger charge is 2.12. The van der Waals surface area contributed by atoms with Crippen molar-refractivity contribution in [1.29, 1.82) is 0 Å². The van der Waals surface area contributed by atoms with Gasteiger partial charge >= 0.3 is 0 Å². The molecule has 0 aliphatic carbocycles. The number of halogens is 1. The topological polar surface area (TPSA) is 54.0 Å². The summed E-state index contributed by atoms with van der Waals surface area (Å²) in [5.41, 5.74) is 3.13. The number of aromatic nitrogens is 1. The summed E-state index contributed by atoms with van der Waals surface area (Å²) in [7, 11) is 0. The normalized spacial score (nSPS) is 10.2. The van der Waals surface area contributed by atoms with Gasteiger partial charge in [-0.2, -0.15) is 0 Å². The van der Waals surface area contributed by atoms with E-state index in [0.717, 1.165) is 28.0 Å². The fourth-order valence-electron chi connectivity index (χ4n) is 1.84. The van der Waals surface area contributed by atoms with Gasteiger partial charge in [-0.3, -0.25) is 9.78 Å². The van der Waals surface area contributed by atoms with E-state index in [-0.39, 0.29) is 5.91 Å². The third-order valence-corrected chi connectivity index (χ3v) is 3.37. The highest BCUT2D eigenvalue weighted by molar-refractivity contribution is 9.10. The van der Waals surface area contributed by atoms with E-state index in [1.807, 2.05) is 32.0 Å². The molecule has 0 aliphatic heterocycles. The lowest BCUT2D eigenvalue weighted by Gasteiger charge is -2.12. The van der Waals surface area contributed by atoms with Crippen molar-refractivity contribution in [2.45, 2.75) is 13.8 Å². The summed E-state index contributed by atoms with van der Waals surface area (Å²) >= 11 is 3.41. The molecule has 20 heavy (non-hydrogen) atoms. The first kappa shape index (κ1) is 14.5. The van der Waals surface area contributed by atoms with E-state index in [1.54, 1.807) is 18.5 Å². The standard InChI is InChI=1S/C15H16BrN3O/c1-3-18-14-9-17-7-6-12(14)15(20)19-13-8-11(16)5-4-10(13)2/h4-9,18H,3H2,1-2H3,(H,19,20). The van der Waals surface area contributed by atoms with Crippen molar-refractivity contribution in [3.8, 4) is 0 Å². The molecule has 104 valence electrons. The molecule has 0 saturated carbocycles. The number of hydrogen-bond acceptors (Lipinski definition) is 3. The Kier molecular flexibility index (Phi) is 4.74.